The fourth-order valence-corrected chi connectivity index (χ4v) is 2.40. The number of alkyl halides is 6. The molecule has 0 aliphatic heterocycles. The van der Waals surface area contributed by atoms with Crippen molar-refractivity contribution in [1.29, 1.82) is 5.26 Å². The van der Waals surface area contributed by atoms with Crippen LogP contribution in [0.4, 0.5) is 32.0 Å². The van der Waals surface area contributed by atoms with Crippen molar-refractivity contribution in [3.63, 3.8) is 0 Å². The smallest absolute Gasteiger partial charge is 0.416 e. The zero-order valence-electron chi connectivity index (χ0n) is 15.8. The summed E-state index contributed by atoms with van der Waals surface area (Å²) in [7, 11) is 1.35. The minimum Gasteiger partial charge on any atom is -0.493 e. The summed E-state index contributed by atoms with van der Waals surface area (Å²) in [5, 5.41) is 10.5. The fourth-order valence-electron chi connectivity index (χ4n) is 2.40. The Morgan fingerprint density at radius 3 is 2.16 bits per heavy atom. The molecule has 0 heterocycles. The van der Waals surface area contributed by atoms with Gasteiger partial charge >= 0.3 is 12.4 Å². The Kier molecular flexibility index (Phi) is 7.17. The van der Waals surface area contributed by atoms with Crippen molar-refractivity contribution >= 4 is 17.7 Å². The first-order chi connectivity index (χ1) is 14.4. The van der Waals surface area contributed by atoms with Crippen molar-refractivity contribution in [2.45, 2.75) is 12.4 Å². The van der Waals surface area contributed by atoms with Crippen molar-refractivity contribution in [1.82, 2.24) is 0 Å². The van der Waals surface area contributed by atoms with Crippen LogP contribution in [0.15, 0.2) is 42.5 Å². The average Bonchev–Trinajstić information content (AvgIpc) is 2.69. The van der Waals surface area contributed by atoms with Crippen LogP contribution < -0.4 is 14.8 Å². The molecule has 0 aromatic heterocycles. The summed E-state index contributed by atoms with van der Waals surface area (Å²) >= 11 is 0. The number of methoxy groups -OCH3 is 1. The zero-order valence-corrected chi connectivity index (χ0v) is 15.8. The molecule has 2 aromatic carbocycles. The Morgan fingerprint density at radius 1 is 1.03 bits per heavy atom. The number of nitrogens with zero attached hydrogens (tertiary/aromatic N) is 1. The van der Waals surface area contributed by atoms with Gasteiger partial charge in [-0.2, -0.15) is 31.6 Å². The Hall–Kier alpha value is -3.68. The fraction of sp³-hybridized carbons (Fsp3) is 0.200. The Morgan fingerprint density at radius 2 is 1.65 bits per heavy atom. The first-order valence-electron chi connectivity index (χ1n) is 8.40. The first-order valence-corrected chi connectivity index (χ1v) is 8.40. The molecule has 1 amide bonds. The summed E-state index contributed by atoms with van der Waals surface area (Å²) in [6.45, 7) is -0.217. The van der Waals surface area contributed by atoms with Crippen LogP contribution in [0.1, 0.15) is 16.7 Å². The van der Waals surface area contributed by atoms with Crippen LogP contribution in [0.3, 0.4) is 0 Å². The van der Waals surface area contributed by atoms with Gasteiger partial charge < -0.3 is 14.8 Å². The summed E-state index contributed by atoms with van der Waals surface area (Å²) in [6.07, 6.45) is -7.85. The van der Waals surface area contributed by atoms with E-state index in [4.69, 9.17) is 14.7 Å². The number of hydrogen-bond acceptors (Lipinski definition) is 4. The SMILES string of the molecule is COc1cc(/C=C/C(=O)Nc2cc(C(F)(F)F)cc(C(F)(F)F)c2)ccc1OCC#N. The number of halogens is 6. The second kappa shape index (κ2) is 9.42. The molecule has 1 N–H and O–H groups in total. The van der Waals surface area contributed by atoms with Crippen molar-refractivity contribution in [3.05, 3.63) is 59.2 Å². The van der Waals surface area contributed by atoms with Gasteiger partial charge in [0, 0.05) is 11.8 Å². The molecule has 2 rings (SSSR count). The summed E-state index contributed by atoms with van der Waals surface area (Å²) in [5.41, 5.74) is -3.32. The molecule has 0 spiro atoms. The number of amides is 1. The molecule has 0 fully saturated rings. The minimum atomic E-state index is -5.03. The number of rotatable bonds is 6. The lowest BCUT2D eigenvalue weighted by Crippen LogP contribution is -2.14. The quantitative estimate of drug-likeness (QED) is 0.486. The molecule has 31 heavy (non-hydrogen) atoms. The van der Waals surface area contributed by atoms with Gasteiger partial charge in [-0.1, -0.05) is 6.07 Å². The molecule has 0 atom stereocenters. The monoisotopic (exact) mass is 444 g/mol. The molecule has 164 valence electrons. The van der Waals surface area contributed by atoms with Gasteiger partial charge in [0.2, 0.25) is 5.91 Å². The minimum absolute atomic E-state index is 0.0340. The Balaban J connectivity index is 2.22. The molecule has 0 aliphatic carbocycles. The predicted molar refractivity (Wildman–Crippen MR) is 98.2 cm³/mol. The molecule has 2 aromatic rings. The van der Waals surface area contributed by atoms with Crippen LogP contribution in [0.2, 0.25) is 0 Å². The predicted octanol–water partition coefficient (Wildman–Crippen LogP) is 5.29. The van der Waals surface area contributed by atoms with Crippen molar-refractivity contribution in [2.75, 3.05) is 19.0 Å². The molecule has 11 heteroatoms. The molecular weight excluding hydrogens is 430 g/mol. The van der Waals surface area contributed by atoms with E-state index in [0.29, 0.717) is 17.7 Å². The number of benzene rings is 2. The normalized spacial score (nSPS) is 11.8. The maximum absolute atomic E-state index is 12.9. The largest absolute Gasteiger partial charge is 0.493 e. The van der Waals surface area contributed by atoms with Crippen LogP contribution in [-0.4, -0.2) is 19.6 Å². The highest BCUT2D eigenvalue weighted by Gasteiger charge is 2.37. The highest BCUT2D eigenvalue weighted by Crippen LogP contribution is 2.37. The highest BCUT2D eigenvalue weighted by molar-refractivity contribution is 6.02. The molecular formula is C20H14F6N2O3. The third kappa shape index (κ3) is 6.67. The van der Waals surface area contributed by atoms with E-state index in [9.17, 15) is 31.1 Å². The molecule has 0 aliphatic rings. The molecule has 0 saturated heterocycles. The maximum atomic E-state index is 12.9. The van der Waals surface area contributed by atoms with Crippen molar-refractivity contribution in [3.8, 4) is 17.6 Å². The van der Waals surface area contributed by atoms with Gasteiger partial charge in [0.1, 0.15) is 6.07 Å². The number of anilines is 1. The van der Waals surface area contributed by atoms with Crippen LogP contribution in [0.25, 0.3) is 6.08 Å². The lowest BCUT2D eigenvalue weighted by atomic mass is 10.1. The number of ether oxygens (including phenoxy) is 2. The van der Waals surface area contributed by atoms with Crippen LogP contribution >= 0.6 is 0 Å². The second-order valence-electron chi connectivity index (χ2n) is 5.97. The standard InChI is InChI=1S/C20H14F6N2O3/c1-30-17-8-12(2-4-16(17)31-7-6-27)3-5-18(29)28-15-10-13(19(21,22)23)9-14(11-15)20(24,25)26/h2-5,8-11H,7H2,1H3,(H,28,29)/b5-3+. The van der Waals surface area contributed by atoms with Gasteiger partial charge in [-0.3, -0.25) is 4.79 Å². The van der Waals surface area contributed by atoms with E-state index in [2.05, 4.69) is 0 Å². The van der Waals surface area contributed by atoms with E-state index >= 15 is 0 Å². The van der Waals surface area contributed by atoms with E-state index in [1.807, 2.05) is 5.32 Å². The summed E-state index contributed by atoms with van der Waals surface area (Å²) in [6, 6.07) is 7.00. The second-order valence-corrected chi connectivity index (χ2v) is 5.97. The zero-order chi connectivity index (χ0) is 23.2. The molecule has 0 unspecified atom stereocenters. The van der Waals surface area contributed by atoms with Gasteiger partial charge in [0.05, 0.1) is 18.2 Å². The number of nitriles is 1. The maximum Gasteiger partial charge on any atom is 0.416 e. The summed E-state index contributed by atoms with van der Waals surface area (Å²) < 4.78 is 87.6. The van der Waals surface area contributed by atoms with E-state index in [1.54, 1.807) is 6.07 Å². The lowest BCUT2D eigenvalue weighted by molar-refractivity contribution is -0.143. The number of hydrogen-bond donors (Lipinski definition) is 1. The van der Waals surface area contributed by atoms with E-state index < -0.39 is 35.1 Å². The van der Waals surface area contributed by atoms with Crippen molar-refractivity contribution < 1.29 is 40.6 Å². The van der Waals surface area contributed by atoms with Crippen LogP contribution in [0, 0.1) is 11.3 Å². The van der Waals surface area contributed by atoms with E-state index in [1.165, 1.54) is 31.4 Å². The Bertz CT molecular complexity index is 991. The first kappa shape index (κ1) is 23.6. The molecule has 0 radical (unpaired) electrons. The third-order valence-electron chi connectivity index (χ3n) is 3.76. The summed E-state index contributed by atoms with van der Waals surface area (Å²) in [4.78, 5) is 12.0. The lowest BCUT2D eigenvalue weighted by Gasteiger charge is -2.14. The summed E-state index contributed by atoms with van der Waals surface area (Å²) in [5.74, 6) is -0.420. The van der Waals surface area contributed by atoms with Gasteiger partial charge in [0.15, 0.2) is 18.1 Å². The number of carbonyl (C=O) groups is 1. The molecule has 0 saturated carbocycles. The molecule has 0 bridgehead atoms. The van der Waals surface area contributed by atoms with Gasteiger partial charge in [-0.05, 0) is 42.0 Å². The average molecular weight is 444 g/mol. The Labute approximate surface area is 172 Å². The highest BCUT2D eigenvalue weighted by atomic mass is 19.4. The molecule has 5 nitrogen and oxygen atoms in total. The third-order valence-corrected chi connectivity index (χ3v) is 3.76. The van der Waals surface area contributed by atoms with Gasteiger partial charge in [-0.25, -0.2) is 0 Å². The topological polar surface area (TPSA) is 71.3 Å². The van der Waals surface area contributed by atoms with Gasteiger partial charge in [-0.15, -0.1) is 0 Å². The van der Waals surface area contributed by atoms with Gasteiger partial charge in [0.25, 0.3) is 0 Å². The van der Waals surface area contributed by atoms with E-state index in [0.717, 1.165) is 6.08 Å². The number of carbonyl (C=O) groups excluding carboxylic acids is 1. The van der Waals surface area contributed by atoms with Crippen LogP contribution in [-0.2, 0) is 17.1 Å². The van der Waals surface area contributed by atoms with Crippen LogP contribution in [0.5, 0.6) is 11.5 Å². The van der Waals surface area contributed by atoms with E-state index in [-0.39, 0.29) is 24.2 Å². The van der Waals surface area contributed by atoms with Crippen molar-refractivity contribution in [2.24, 2.45) is 0 Å². The number of nitrogens with one attached hydrogen (secondary N) is 1.